The van der Waals surface area contributed by atoms with Gasteiger partial charge in [0.15, 0.2) is 5.69 Å². The van der Waals surface area contributed by atoms with Crippen LogP contribution in [0.15, 0.2) is 34.0 Å². The van der Waals surface area contributed by atoms with Crippen molar-refractivity contribution in [1.82, 2.24) is 30.7 Å². The van der Waals surface area contributed by atoms with Crippen molar-refractivity contribution in [2.24, 2.45) is 5.10 Å². The van der Waals surface area contributed by atoms with Crippen molar-refractivity contribution in [2.45, 2.75) is 6.61 Å². The van der Waals surface area contributed by atoms with Crippen LogP contribution in [-0.4, -0.2) is 49.5 Å². The topological polar surface area (TPSA) is 189 Å². The smallest absolute Gasteiger partial charge is 0.293 e. The molecule has 0 aliphatic heterocycles. The molecule has 0 bridgehead atoms. The van der Waals surface area contributed by atoms with Gasteiger partial charge in [-0.3, -0.25) is 14.9 Å². The lowest BCUT2D eigenvalue weighted by molar-refractivity contribution is -0.384. The minimum atomic E-state index is -0.661. The number of amides is 1. The highest BCUT2D eigenvalue weighted by molar-refractivity contribution is 5.94. The van der Waals surface area contributed by atoms with E-state index in [2.05, 4.69) is 35.8 Å². The number of nitrogens with two attached hydrogens (primary N) is 1. The van der Waals surface area contributed by atoms with Gasteiger partial charge in [0.05, 0.1) is 17.7 Å². The normalized spacial score (nSPS) is 11.0. The van der Waals surface area contributed by atoms with Crippen molar-refractivity contribution >= 4 is 23.6 Å². The van der Waals surface area contributed by atoms with E-state index >= 15 is 0 Å². The van der Waals surface area contributed by atoms with E-state index in [1.54, 1.807) is 0 Å². The van der Waals surface area contributed by atoms with E-state index in [1.165, 1.54) is 42.3 Å². The molecule has 0 radical (unpaired) electrons. The number of hydrogen-bond donors (Lipinski definition) is 2. The minimum Gasteiger partial charge on any atom is -0.378 e. The van der Waals surface area contributed by atoms with Gasteiger partial charge in [0.25, 0.3) is 11.6 Å². The number of anilines is 1. The van der Waals surface area contributed by atoms with Crippen molar-refractivity contribution in [3.8, 4) is 5.82 Å². The fourth-order valence-electron chi connectivity index (χ4n) is 2.15. The molecule has 0 saturated carbocycles. The molecule has 1 amide bonds. The van der Waals surface area contributed by atoms with Crippen LogP contribution in [0.3, 0.4) is 0 Å². The van der Waals surface area contributed by atoms with Gasteiger partial charge in [0, 0.05) is 19.2 Å². The third kappa shape index (κ3) is 3.80. The molecule has 0 fully saturated rings. The molecule has 3 N–H and O–H groups in total. The number of nitro groups is 1. The van der Waals surface area contributed by atoms with Crippen LogP contribution in [0.2, 0.25) is 0 Å². The molecule has 0 spiro atoms. The summed E-state index contributed by atoms with van der Waals surface area (Å²) in [4.78, 5) is 22.5. The maximum atomic E-state index is 12.4. The number of hydrogen-bond acceptors (Lipinski definition) is 11. The summed E-state index contributed by atoms with van der Waals surface area (Å²) in [6.07, 6.45) is 1.32. The molecule has 144 valence electrons. The number of hydrazone groups is 1. The molecule has 0 atom stereocenters. The molecule has 2 heterocycles. The molecule has 0 saturated heterocycles. The van der Waals surface area contributed by atoms with Gasteiger partial charge in [-0.15, -0.1) is 5.10 Å². The second kappa shape index (κ2) is 8.00. The van der Waals surface area contributed by atoms with Gasteiger partial charge in [0.1, 0.15) is 5.69 Å². The van der Waals surface area contributed by atoms with Crippen molar-refractivity contribution in [2.75, 3.05) is 12.8 Å². The number of nitrogens with one attached hydrogen (secondary N) is 1. The number of nitrogen functional groups attached to an aromatic ring is 1. The van der Waals surface area contributed by atoms with Gasteiger partial charge in [-0.25, -0.2) is 10.1 Å². The number of benzene rings is 1. The van der Waals surface area contributed by atoms with Gasteiger partial charge in [-0.05, 0) is 28.0 Å². The Hall–Kier alpha value is -4.20. The summed E-state index contributed by atoms with van der Waals surface area (Å²) in [5.74, 6) is -0.634. The Morgan fingerprint density at radius 1 is 1.43 bits per heavy atom. The highest BCUT2D eigenvalue weighted by Crippen LogP contribution is 2.16. The van der Waals surface area contributed by atoms with Crippen LogP contribution in [0.5, 0.6) is 0 Å². The minimum absolute atomic E-state index is 0.0197. The van der Waals surface area contributed by atoms with Crippen LogP contribution in [0.25, 0.3) is 5.82 Å². The molecule has 1 aromatic carbocycles. The Morgan fingerprint density at radius 2 is 2.18 bits per heavy atom. The first kappa shape index (κ1) is 18.6. The van der Waals surface area contributed by atoms with E-state index in [0.29, 0.717) is 5.56 Å². The van der Waals surface area contributed by atoms with Crippen LogP contribution in [0, 0.1) is 10.1 Å². The van der Waals surface area contributed by atoms with E-state index < -0.39 is 10.8 Å². The van der Waals surface area contributed by atoms with E-state index in [4.69, 9.17) is 10.5 Å². The summed E-state index contributed by atoms with van der Waals surface area (Å²) < 4.78 is 10.8. The lowest BCUT2D eigenvalue weighted by Crippen LogP contribution is -2.20. The Morgan fingerprint density at radius 3 is 2.79 bits per heavy atom. The fourth-order valence-corrected chi connectivity index (χ4v) is 2.15. The van der Waals surface area contributed by atoms with Gasteiger partial charge in [0.2, 0.25) is 11.6 Å². The number of nitro benzene ring substituents is 1. The van der Waals surface area contributed by atoms with E-state index in [-0.39, 0.29) is 35.3 Å². The van der Waals surface area contributed by atoms with Crippen molar-refractivity contribution < 1.29 is 19.1 Å². The Balaban J connectivity index is 1.76. The molecular weight excluding hydrogens is 374 g/mol. The summed E-state index contributed by atoms with van der Waals surface area (Å²) in [5, 5.41) is 29.1. The van der Waals surface area contributed by atoms with Crippen LogP contribution in [0.1, 0.15) is 21.7 Å². The fraction of sp³-hybridized carbons (Fsp3) is 0.143. The summed E-state index contributed by atoms with van der Waals surface area (Å²) in [7, 11) is 1.43. The van der Waals surface area contributed by atoms with Crippen LogP contribution < -0.4 is 11.2 Å². The third-order valence-electron chi connectivity index (χ3n) is 3.44. The standard InChI is InChI=1S/C14H13N9O5/c1-27-7-10-11(17-21-22(10)13-12(15)19-28-20-13)14(24)18-16-6-8-2-4-9(5-3-8)23(25)26/h2-6H,7H2,1H3,(H2,15,19)(H,18,24)/b16-6-. The third-order valence-corrected chi connectivity index (χ3v) is 3.44. The maximum Gasteiger partial charge on any atom is 0.293 e. The van der Waals surface area contributed by atoms with Crippen molar-refractivity contribution in [1.29, 1.82) is 0 Å². The zero-order chi connectivity index (χ0) is 20.1. The van der Waals surface area contributed by atoms with Crippen LogP contribution in [0.4, 0.5) is 11.5 Å². The van der Waals surface area contributed by atoms with E-state index in [9.17, 15) is 14.9 Å². The second-order valence-corrected chi connectivity index (χ2v) is 5.25. The molecule has 0 aliphatic carbocycles. The quantitative estimate of drug-likeness (QED) is 0.318. The number of methoxy groups -OCH3 is 1. The Kier molecular flexibility index (Phi) is 5.31. The number of carbonyl (C=O) groups is 1. The average Bonchev–Trinajstić information content (AvgIpc) is 3.28. The summed E-state index contributed by atoms with van der Waals surface area (Å²) in [6, 6.07) is 5.62. The largest absolute Gasteiger partial charge is 0.378 e. The van der Waals surface area contributed by atoms with Crippen molar-refractivity contribution in [3.05, 3.63) is 51.3 Å². The molecule has 2 aromatic heterocycles. The number of aromatic nitrogens is 5. The van der Waals surface area contributed by atoms with Gasteiger partial charge < -0.3 is 10.5 Å². The monoisotopic (exact) mass is 387 g/mol. The molecule has 0 aliphatic rings. The van der Waals surface area contributed by atoms with Crippen LogP contribution in [-0.2, 0) is 11.3 Å². The zero-order valence-corrected chi connectivity index (χ0v) is 14.3. The summed E-state index contributed by atoms with van der Waals surface area (Å²) in [6.45, 7) is -0.0197. The van der Waals surface area contributed by atoms with Gasteiger partial charge >= 0.3 is 0 Å². The predicted molar refractivity (Wildman–Crippen MR) is 92.5 cm³/mol. The lowest BCUT2D eigenvalue weighted by atomic mass is 10.2. The van der Waals surface area contributed by atoms with E-state index in [1.807, 2.05) is 0 Å². The number of nitrogens with zero attached hydrogens (tertiary/aromatic N) is 7. The second-order valence-electron chi connectivity index (χ2n) is 5.25. The SMILES string of the molecule is COCc1c(C(=O)N/N=C\c2ccc([N+](=O)[O-])cc2)nnn1-c1nonc1N. The summed E-state index contributed by atoms with van der Waals surface area (Å²) >= 11 is 0. The van der Waals surface area contributed by atoms with Gasteiger partial charge in [-0.1, -0.05) is 5.21 Å². The molecule has 28 heavy (non-hydrogen) atoms. The molecular formula is C14H13N9O5. The lowest BCUT2D eigenvalue weighted by Gasteiger charge is -2.03. The first-order valence-corrected chi connectivity index (χ1v) is 7.61. The number of non-ortho nitro benzene ring substituents is 1. The molecule has 3 rings (SSSR count). The van der Waals surface area contributed by atoms with E-state index in [0.717, 1.165) is 0 Å². The zero-order valence-electron chi connectivity index (χ0n) is 14.3. The molecule has 14 heteroatoms. The predicted octanol–water partition coefficient (Wildman–Crippen LogP) is 0.0510. The first-order valence-electron chi connectivity index (χ1n) is 7.61. The maximum absolute atomic E-state index is 12.4. The summed E-state index contributed by atoms with van der Waals surface area (Å²) in [5.41, 5.74) is 8.61. The Bertz CT molecular complexity index is 1020. The average molecular weight is 387 g/mol. The van der Waals surface area contributed by atoms with Gasteiger partial charge in [-0.2, -0.15) is 9.78 Å². The number of carbonyl (C=O) groups excluding carboxylic acids is 1. The van der Waals surface area contributed by atoms with Crippen molar-refractivity contribution in [3.63, 3.8) is 0 Å². The number of ether oxygens (including phenoxy) is 1. The molecule has 0 unspecified atom stereocenters. The first-order chi connectivity index (χ1) is 13.5. The Labute approximate surface area is 156 Å². The highest BCUT2D eigenvalue weighted by Gasteiger charge is 2.23. The van der Waals surface area contributed by atoms with Crippen LogP contribution >= 0.6 is 0 Å². The number of rotatable bonds is 7. The molecule has 3 aromatic rings. The highest BCUT2D eigenvalue weighted by atomic mass is 16.6. The molecule has 14 nitrogen and oxygen atoms in total.